The van der Waals surface area contributed by atoms with Gasteiger partial charge in [-0.3, -0.25) is 9.36 Å². The zero-order chi connectivity index (χ0) is 23.8. The standard InChI is InChI=1S/C26H23N3O3S/c1-26(2,3)32-25(31)21-20(17-12-8-5-9-13-17)18(15-27)24-29(22(21)28)23(30)19(33-24)14-16-10-6-4-7-11-16/h4-14,20H,28H2,1-3H3. The van der Waals surface area contributed by atoms with Crippen molar-refractivity contribution >= 4 is 34.8 Å². The van der Waals surface area contributed by atoms with Gasteiger partial charge in [0, 0.05) is 0 Å². The lowest BCUT2D eigenvalue weighted by molar-refractivity contribution is -0.150. The van der Waals surface area contributed by atoms with Crippen LogP contribution >= 0.6 is 11.3 Å². The third-order valence-corrected chi connectivity index (χ3v) is 6.23. The van der Waals surface area contributed by atoms with E-state index in [-0.39, 0.29) is 22.5 Å². The van der Waals surface area contributed by atoms with E-state index < -0.39 is 17.5 Å². The number of aromatic nitrogens is 1. The highest BCUT2D eigenvalue weighted by molar-refractivity contribution is 7.07. The molecule has 0 fully saturated rings. The Morgan fingerprint density at radius 2 is 1.73 bits per heavy atom. The number of benzene rings is 2. The fourth-order valence-electron chi connectivity index (χ4n) is 3.76. The van der Waals surface area contributed by atoms with Gasteiger partial charge >= 0.3 is 5.97 Å². The molecule has 3 aromatic rings. The average molecular weight is 458 g/mol. The number of nitriles is 1. The van der Waals surface area contributed by atoms with E-state index in [2.05, 4.69) is 6.07 Å². The third kappa shape index (κ3) is 4.26. The zero-order valence-electron chi connectivity index (χ0n) is 18.5. The second-order valence-corrected chi connectivity index (χ2v) is 9.67. The summed E-state index contributed by atoms with van der Waals surface area (Å²) in [6.45, 7) is 5.27. The van der Waals surface area contributed by atoms with Gasteiger partial charge in [0.2, 0.25) is 0 Å². The second kappa shape index (κ2) is 8.57. The second-order valence-electron chi connectivity index (χ2n) is 8.64. The smallest absolute Gasteiger partial charge is 0.339 e. The Morgan fingerprint density at radius 1 is 1.12 bits per heavy atom. The minimum absolute atomic E-state index is 0.0129. The Balaban J connectivity index is 2.05. The molecule has 33 heavy (non-hydrogen) atoms. The molecule has 1 aliphatic heterocycles. The van der Waals surface area contributed by atoms with Crippen LogP contribution in [0, 0.1) is 11.3 Å². The van der Waals surface area contributed by atoms with E-state index in [1.165, 1.54) is 15.9 Å². The van der Waals surface area contributed by atoms with Crippen molar-refractivity contribution in [3.8, 4) is 6.07 Å². The molecule has 2 aromatic carbocycles. The first-order valence-corrected chi connectivity index (χ1v) is 11.2. The van der Waals surface area contributed by atoms with E-state index in [1.54, 1.807) is 26.8 Å². The van der Waals surface area contributed by atoms with Crippen LogP contribution in [0.25, 0.3) is 17.5 Å². The fraction of sp³-hybridized carbons (Fsp3) is 0.192. The number of hydrogen-bond acceptors (Lipinski definition) is 6. The Bertz CT molecular complexity index is 1470. The lowest BCUT2D eigenvalue weighted by atomic mass is 9.84. The summed E-state index contributed by atoms with van der Waals surface area (Å²) in [6, 6.07) is 20.8. The van der Waals surface area contributed by atoms with E-state index in [0.717, 1.165) is 11.1 Å². The molecular formula is C26H23N3O3S. The van der Waals surface area contributed by atoms with Crippen molar-refractivity contribution in [1.82, 2.24) is 4.57 Å². The summed E-state index contributed by atoms with van der Waals surface area (Å²) >= 11 is 1.19. The predicted molar refractivity (Wildman–Crippen MR) is 129 cm³/mol. The first-order valence-electron chi connectivity index (χ1n) is 10.4. The van der Waals surface area contributed by atoms with Crippen molar-refractivity contribution in [2.75, 3.05) is 0 Å². The molecule has 166 valence electrons. The van der Waals surface area contributed by atoms with Gasteiger partial charge in [-0.1, -0.05) is 60.7 Å². The minimum atomic E-state index is -0.773. The van der Waals surface area contributed by atoms with Crippen LogP contribution in [-0.2, 0) is 9.53 Å². The maximum Gasteiger partial charge on any atom is 0.339 e. The van der Waals surface area contributed by atoms with E-state index in [9.17, 15) is 14.9 Å². The van der Waals surface area contributed by atoms with Crippen molar-refractivity contribution in [2.45, 2.75) is 32.3 Å². The SMILES string of the molecule is CC(C)(C)OC(=O)C1=C(N)n2c(sc(=Cc3ccccc3)c2=O)=C(C#N)C1c1ccccc1. The van der Waals surface area contributed by atoms with Crippen molar-refractivity contribution in [2.24, 2.45) is 5.73 Å². The van der Waals surface area contributed by atoms with E-state index in [1.807, 2.05) is 60.7 Å². The molecule has 0 spiro atoms. The highest BCUT2D eigenvalue weighted by Gasteiger charge is 2.37. The third-order valence-electron chi connectivity index (χ3n) is 5.12. The Morgan fingerprint density at radius 3 is 2.30 bits per heavy atom. The van der Waals surface area contributed by atoms with Gasteiger partial charge in [-0.25, -0.2) is 4.79 Å². The molecule has 1 aliphatic rings. The molecular weight excluding hydrogens is 434 g/mol. The van der Waals surface area contributed by atoms with Crippen LogP contribution in [-0.4, -0.2) is 16.1 Å². The van der Waals surface area contributed by atoms with Crippen molar-refractivity contribution in [1.29, 1.82) is 5.26 Å². The van der Waals surface area contributed by atoms with E-state index >= 15 is 0 Å². The molecule has 0 bridgehead atoms. The number of fused-ring (bicyclic) bond motifs is 1. The minimum Gasteiger partial charge on any atom is -0.456 e. The number of rotatable bonds is 3. The number of ether oxygens (including phenoxy) is 1. The molecule has 2 N–H and O–H groups in total. The summed E-state index contributed by atoms with van der Waals surface area (Å²) in [5.41, 5.74) is 7.27. The van der Waals surface area contributed by atoms with Gasteiger partial charge in [-0.05, 0) is 38.0 Å². The quantitative estimate of drug-likeness (QED) is 0.610. The lowest BCUT2D eigenvalue weighted by Gasteiger charge is -2.28. The van der Waals surface area contributed by atoms with Crippen LogP contribution in [0.15, 0.2) is 71.0 Å². The van der Waals surface area contributed by atoms with Crippen LogP contribution in [0.5, 0.6) is 0 Å². The molecule has 1 unspecified atom stereocenters. The zero-order valence-corrected chi connectivity index (χ0v) is 19.3. The molecule has 6 nitrogen and oxygen atoms in total. The molecule has 0 aliphatic carbocycles. The van der Waals surface area contributed by atoms with Gasteiger partial charge in [0.05, 0.1) is 27.7 Å². The summed E-state index contributed by atoms with van der Waals surface area (Å²) in [6.07, 6.45) is 1.76. The van der Waals surface area contributed by atoms with Crippen LogP contribution in [0.3, 0.4) is 0 Å². The maximum atomic E-state index is 13.3. The molecule has 4 rings (SSSR count). The topological polar surface area (TPSA) is 98.1 Å². The van der Waals surface area contributed by atoms with Crippen LogP contribution in [0.2, 0.25) is 0 Å². The van der Waals surface area contributed by atoms with Gasteiger partial charge in [0.15, 0.2) is 0 Å². The summed E-state index contributed by atoms with van der Waals surface area (Å²) in [4.78, 5) is 26.6. The van der Waals surface area contributed by atoms with Gasteiger partial charge < -0.3 is 10.5 Å². The molecule has 1 aromatic heterocycles. The number of nitrogens with two attached hydrogens (primary N) is 1. The Hall–Kier alpha value is -3.89. The van der Waals surface area contributed by atoms with Gasteiger partial charge in [0.25, 0.3) is 5.56 Å². The molecule has 7 heteroatoms. The van der Waals surface area contributed by atoms with Crippen LogP contribution < -0.4 is 20.5 Å². The number of esters is 1. The number of hydrogen-bond donors (Lipinski definition) is 1. The number of carbonyl (C=O) groups excluding carboxylic acids is 1. The normalized spacial score (nSPS) is 16.4. The highest BCUT2D eigenvalue weighted by atomic mass is 32.1. The molecule has 0 amide bonds. The lowest BCUT2D eigenvalue weighted by Crippen LogP contribution is -2.41. The highest BCUT2D eigenvalue weighted by Crippen LogP contribution is 2.37. The predicted octanol–water partition coefficient (Wildman–Crippen LogP) is 2.68. The van der Waals surface area contributed by atoms with E-state index in [0.29, 0.717) is 9.20 Å². The molecule has 0 saturated heterocycles. The Kier molecular flexibility index (Phi) is 5.79. The van der Waals surface area contributed by atoms with Gasteiger partial charge in [-0.2, -0.15) is 5.26 Å². The summed E-state index contributed by atoms with van der Waals surface area (Å²) < 4.78 is 7.73. The Labute approximate surface area is 195 Å². The fourth-order valence-corrected chi connectivity index (χ4v) is 4.89. The first kappa shape index (κ1) is 22.3. The molecule has 0 saturated carbocycles. The van der Waals surface area contributed by atoms with Crippen molar-refractivity contribution < 1.29 is 9.53 Å². The largest absolute Gasteiger partial charge is 0.456 e. The number of thiazole rings is 1. The number of nitrogens with zero attached hydrogens (tertiary/aromatic N) is 2. The van der Waals surface area contributed by atoms with Crippen LogP contribution in [0.4, 0.5) is 0 Å². The summed E-state index contributed by atoms with van der Waals surface area (Å²) in [7, 11) is 0. The molecule has 2 heterocycles. The van der Waals surface area contributed by atoms with Crippen LogP contribution in [0.1, 0.15) is 37.8 Å². The maximum absolute atomic E-state index is 13.3. The van der Waals surface area contributed by atoms with Crippen molar-refractivity contribution in [3.63, 3.8) is 0 Å². The summed E-state index contributed by atoms with van der Waals surface area (Å²) in [5.74, 6) is -1.41. The monoisotopic (exact) mass is 457 g/mol. The van der Waals surface area contributed by atoms with Gasteiger partial charge in [0.1, 0.15) is 16.1 Å². The van der Waals surface area contributed by atoms with Crippen molar-refractivity contribution in [3.05, 3.63) is 96.9 Å². The number of carbonyl (C=O) groups is 1. The first-order chi connectivity index (χ1) is 15.7. The molecule has 1 atom stereocenters. The molecule has 0 radical (unpaired) electrons. The van der Waals surface area contributed by atoms with E-state index in [4.69, 9.17) is 10.5 Å². The van der Waals surface area contributed by atoms with Gasteiger partial charge in [-0.15, -0.1) is 11.3 Å². The average Bonchev–Trinajstić information content (AvgIpc) is 3.09. The summed E-state index contributed by atoms with van der Waals surface area (Å²) in [5, 5.41) is 10.2.